The van der Waals surface area contributed by atoms with Gasteiger partial charge >= 0.3 is 6.03 Å². The van der Waals surface area contributed by atoms with Crippen molar-refractivity contribution in [3.05, 3.63) is 71.7 Å². The standard InChI is InChI=1S/C25H27N7O/c1-15-5-4-6-17(9-15)20-13-32(3)14-22(20)28-25(33)29-23-11-21-19(12-27-23)24(31-30-21)18-7-8-26-16(2)10-18/h4-12,20,22H,13-14H2,1-3H3,(H,30,31)(H2,27,28,29,33)/t20-,22+/m0/s1. The number of fused-ring (bicyclic) bond motifs is 1. The lowest BCUT2D eigenvalue weighted by Crippen LogP contribution is -2.42. The Hall–Kier alpha value is -3.78. The first-order valence-electron chi connectivity index (χ1n) is 11.1. The lowest BCUT2D eigenvalue weighted by atomic mass is 9.93. The number of nitrogens with one attached hydrogen (secondary N) is 3. The van der Waals surface area contributed by atoms with Crippen LogP contribution in [0.15, 0.2) is 54.9 Å². The number of hydrogen-bond donors (Lipinski definition) is 3. The van der Waals surface area contributed by atoms with E-state index in [-0.39, 0.29) is 18.0 Å². The Morgan fingerprint density at radius 2 is 2.00 bits per heavy atom. The first-order chi connectivity index (χ1) is 16.0. The maximum Gasteiger partial charge on any atom is 0.320 e. The summed E-state index contributed by atoms with van der Waals surface area (Å²) in [4.78, 5) is 23.7. The van der Waals surface area contributed by atoms with Gasteiger partial charge in [-0.05, 0) is 38.6 Å². The van der Waals surface area contributed by atoms with Crippen LogP contribution in [0.4, 0.5) is 10.6 Å². The molecule has 168 valence electrons. The second-order valence-corrected chi connectivity index (χ2v) is 8.82. The number of aryl methyl sites for hydroxylation is 2. The molecule has 8 nitrogen and oxygen atoms in total. The molecule has 1 fully saturated rings. The molecule has 1 aromatic carbocycles. The molecule has 8 heteroatoms. The fourth-order valence-electron chi connectivity index (χ4n) is 4.60. The minimum atomic E-state index is -0.260. The van der Waals surface area contributed by atoms with E-state index in [2.05, 4.69) is 73.9 Å². The van der Waals surface area contributed by atoms with Crippen LogP contribution in [0.25, 0.3) is 22.2 Å². The monoisotopic (exact) mass is 441 g/mol. The van der Waals surface area contributed by atoms with Crippen molar-refractivity contribution in [2.45, 2.75) is 25.8 Å². The first kappa shape index (κ1) is 21.1. The largest absolute Gasteiger partial charge is 0.333 e. The van der Waals surface area contributed by atoms with Gasteiger partial charge in [-0.15, -0.1) is 0 Å². The van der Waals surface area contributed by atoms with Crippen LogP contribution in [-0.4, -0.2) is 57.3 Å². The molecule has 2 amide bonds. The third kappa shape index (κ3) is 4.42. The highest BCUT2D eigenvalue weighted by molar-refractivity contribution is 5.95. The SMILES string of the molecule is Cc1cccc([C@@H]2CN(C)C[C@H]2NC(=O)Nc2cc3[nH]nc(-c4ccnc(C)c4)c3cn2)c1. The van der Waals surface area contributed by atoms with Crippen molar-refractivity contribution < 1.29 is 4.79 Å². The zero-order valence-electron chi connectivity index (χ0n) is 19.0. The summed E-state index contributed by atoms with van der Waals surface area (Å²) >= 11 is 0. The molecule has 2 atom stereocenters. The van der Waals surface area contributed by atoms with Gasteiger partial charge in [0.15, 0.2) is 0 Å². The number of pyridine rings is 2. The van der Waals surface area contributed by atoms with Crippen LogP contribution < -0.4 is 10.6 Å². The molecule has 0 unspecified atom stereocenters. The molecule has 1 aliphatic rings. The summed E-state index contributed by atoms with van der Waals surface area (Å²) < 4.78 is 0. The van der Waals surface area contributed by atoms with E-state index >= 15 is 0 Å². The normalized spacial score (nSPS) is 18.5. The zero-order valence-corrected chi connectivity index (χ0v) is 19.0. The van der Waals surface area contributed by atoms with Gasteiger partial charge in [0.25, 0.3) is 0 Å². The molecular weight excluding hydrogens is 414 g/mol. The third-order valence-corrected chi connectivity index (χ3v) is 6.15. The fraction of sp³-hybridized carbons (Fsp3) is 0.280. The van der Waals surface area contributed by atoms with Crippen molar-refractivity contribution >= 4 is 22.8 Å². The number of carbonyl (C=O) groups excluding carboxylic acids is 1. The number of aromatic nitrogens is 4. The Morgan fingerprint density at radius 3 is 2.82 bits per heavy atom. The first-order valence-corrected chi connectivity index (χ1v) is 11.1. The number of anilines is 1. The van der Waals surface area contributed by atoms with Crippen LogP contribution in [0.5, 0.6) is 0 Å². The van der Waals surface area contributed by atoms with E-state index in [1.807, 2.05) is 19.1 Å². The van der Waals surface area contributed by atoms with E-state index < -0.39 is 0 Å². The van der Waals surface area contributed by atoms with E-state index in [0.717, 1.165) is 40.9 Å². The average molecular weight is 442 g/mol. The second-order valence-electron chi connectivity index (χ2n) is 8.82. The van der Waals surface area contributed by atoms with Gasteiger partial charge in [-0.2, -0.15) is 5.10 Å². The number of likely N-dealkylation sites (N-methyl/N-ethyl adjacent to an activating group) is 1. The lowest BCUT2D eigenvalue weighted by molar-refractivity contribution is 0.247. The molecule has 0 saturated carbocycles. The summed E-state index contributed by atoms with van der Waals surface area (Å²) in [6.45, 7) is 5.75. The van der Waals surface area contributed by atoms with Gasteiger partial charge in [0.05, 0.1) is 11.6 Å². The summed E-state index contributed by atoms with van der Waals surface area (Å²) in [7, 11) is 2.08. The molecule has 1 saturated heterocycles. The molecule has 5 rings (SSSR count). The molecule has 3 N–H and O–H groups in total. The van der Waals surface area contributed by atoms with Crippen molar-refractivity contribution in [2.24, 2.45) is 0 Å². The highest BCUT2D eigenvalue weighted by atomic mass is 16.2. The Kier molecular flexibility index (Phi) is 5.51. The third-order valence-electron chi connectivity index (χ3n) is 6.15. The Bertz CT molecular complexity index is 1320. The number of carbonyl (C=O) groups is 1. The molecule has 0 aliphatic carbocycles. The molecule has 4 heterocycles. The minimum Gasteiger partial charge on any atom is -0.333 e. The average Bonchev–Trinajstić information content (AvgIpc) is 3.36. The number of hydrogen-bond acceptors (Lipinski definition) is 5. The fourth-order valence-corrected chi connectivity index (χ4v) is 4.60. The number of likely N-dealkylation sites (tertiary alicyclic amines) is 1. The van der Waals surface area contributed by atoms with Gasteiger partial charge in [-0.1, -0.05) is 29.8 Å². The number of H-pyrrole nitrogens is 1. The number of benzene rings is 1. The topological polar surface area (TPSA) is 98.8 Å². The van der Waals surface area contributed by atoms with E-state index in [4.69, 9.17) is 0 Å². The minimum absolute atomic E-state index is 0.0224. The highest BCUT2D eigenvalue weighted by Crippen LogP contribution is 2.29. The van der Waals surface area contributed by atoms with Gasteiger partial charge < -0.3 is 10.2 Å². The number of aromatic amines is 1. The maximum atomic E-state index is 12.8. The van der Waals surface area contributed by atoms with Crippen LogP contribution >= 0.6 is 0 Å². The Labute approximate surface area is 192 Å². The summed E-state index contributed by atoms with van der Waals surface area (Å²) in [5, 5.41) is 14.4. The van der Waals surface area contributed by atoms with E-state index in [1.54, 1.807) is 18.5 Å². The smallest absolute Gasteiger partial charge is 0.320 e. The van der Waals surface area contributed by atoms with Crippen molar-refractivity contribution in [1.82, 2.24) is 30.4 Å². The van der Waals surface area contributed by atoms with Crippen molar-refractivity contribution in [3.8, 4) is 11.3 Å². The highest BCUT2D eigenvalue weighted by Gasteiger charge is 2.33. The van der Waals surface area contributed by atoms with Gasteiger partial charge in [-0.25, -0.2) is 9.78 Å². The summed E-state index contributed by atoms with van der Waals surface area (Å²) in [5.41, 5.74) is 6.00. The van der Waals surface area contributed by atoms with Gasteiger partial charge in [-0.3, -0.25) is 15.4 Å². The number of rotatable bonds is 4. The summed E-state index contributed by atoms with van der Waals surface area (Å²) in [6, 6.07) is 14.0. The van der Waals surface area contributed by atoms with Crippen LogP contribution in [0.1, 0.15) is 22.7 Å². The van der Waals surface area contributed by atoms with Gasteiger partial charge in [0.2, 0.25) is 0 Å². The Balaban J connectivity index is 1.31. The van der Waals surface area contributed by atoms with E-state index in [0.29, 0.717) is 5.82 Å². The van der Waals surface area contributed by atoms with E-state index in [1.165, 1.54) is 11.1 Å². The molecule has 0 bridgehead atoms. The molecular formula is C25H27N7O. The quantitative estimate of drug-likeness (QED) is 0.447. The molecule has 0 spiro atoms. The lowest BCUT2D eigenvalue weighted by Gasteiger charge is -2.21. The number of nitrogens with zero attached hydrogens (tertiary/aromatic N) is 4. The summed E-state index contributed by atoms with van der Waals surface area (Å²) in [5.74, 6) is 0.717. The molecule has 1 aliphatic heterocycles. The Morgan fingerprint density at radius 1 is 1.12 bits per heavy atom. The molecule has 3 aromatic heterocycles. The van der Waals surface area contributed by atoms with Crippen molar-refractivity contribution in [1.29, 1.82) is 0 Å². The number of amides is 2. The van der Waals surface area contributed by atoms with Crippen LogP contribution in [0.3, 0.4) is 0 Å². The zero-order chi connectivity index (χ0) is 22.9. The number of urea groups is 1. The molecule has 0 radical (unpaired) electrons. The summed E-state index contributed by atoms with van der Waals surface area (Å²) in [6.07, 6.45) is 3.50. The predicted octanol–water partition coefficient (Wildman–Crippen LogP) is 3.86. The van der Waals surface area contributed by atoms with Gasteiger partial charge in [0.1, 0.15) is 11.5 Å². The molecule has 33 heavy (non-hydrogen) atoms. The van der Waals surface area contributed by atoms with Gasteiger partial charge in [0, 0.05) is 54.1 Å². The van der Waals surface area contributed by atoms with Crippen LogP contribution in [-0.2, 0) is 0 Å². The van der Waals surface area contributed by atoms with Crippen molar-refractivity contribution in [3.63, 3.8) is 0 Å². The second kappa shape index (κ2) is 8.63. The van der Waals surface area contributed by atoms with E-state index in [9.17, 15) is 4.79 Å². The van der Waals surface area contributed by atoms with Crippen LogP contribution in [0.2, 0.25) is 0 Å². The molecule has 4 aromatic rings. The maximum absolute atomic E-state index is 12.8. The van der Waals surface area contributed by atoms with Crippen molar-refractivity contribution in [2.75, 3.05) is 25.5 Å². The predicted molar refractivity (Wildman–Crippen MR) is 129 cm³/mol. The van der Waals surface area contributed by atoms with Crippen LogP contribution in [0, 0.1) is 13.8 Å².